The zero-order chi connectivity index (χ0) is 15.3. The molecule has 0 unspecified atom stereocenters. The first-order chi connectivity index (χ1) is 10.6. The first-order valence-electron chi connectivity index (χ1n) is 7.58. The van der Waals surface area contributed by atoms with Crippen LogP contribution >= 0.6 is 11.3 Å². The first-order valence-corrected chi connectivity index (χ1v) is 8.40. The van der Waals surface area contributed by atoms with Gasteiger partial charge >= 0.3 is 0 Å². The van der Waals surface area contributed by atoms with Crippen LogP contribution in [0.15, 0.2) is 29.3 Å². The Kier molecular flexibility index (Phi) is 3.11. The van der Waals surface area contributed by atoms with E-state index in [0.29, 0.717) is 11.2 Å². The fourth-order valence-corrected chi connectivity index (χ4v) is 4.19. The fraction of sp³-hybridized carbons (Fsp3) is 0.353. The minimum absolute atomic E-state index is 0.00831. The predicted molar refractivity (Wildman–Crippen MR) is 90.6 cm³/mol. The van der Waals surface area contributed by atoms with Crippen LogP contribution < -0.4 is 5.56 Å². The molecule has 3 aromatic rings. The zero-order valence-corrected chi connectivity index (χ0v) is 13.4. The van der Waals surface area contributed by atoms with E-state index in [1.54, 1.807) is 10.9 Å². The smallest absolute Gasteiger partial charge is 0.271 e. The molecule has 0 N–H and O–H groups in total. The molecule has 0 amide bonds. The maximum atomic E-state index is 12.6. The summed E-state index contributed by atoms with van der Waals surface area (Å²) < 4.78 is 2.33. The first kappa shape index (κ1) is 13.6. The Morgan fingerprint density at radius 1 is 1.41 bits per heavy atom. The molecule has 112 valence electrons. The number of aryl methyl sites for hydroxylation is 2. The molecular weight excluding hydrogens is 294 g/mol. The van der Waals surface area contributed by atoms with Gasteiger partial charge in [-0.25, -0.2) is 9.97 Å². The minimum atomic E-state index is 0.00831. The number of nitrogens with zero attached hydrogens (tertiary/aromatic N) is 3. The maximum Gasteiger partial charge on any atom is 0.271 e. The van der Waals surface area contributed by atoms with E-state index in [0.717, 1.165) is 34.1 Å². The molecule has 0 fully saturated rings. The van der Waals surface area contributed by atoms with Gasteiger partial charge in [0, 0.05) is 17.6 Å². The summed E-state index contributed by atoms with van der Waals surface area (Å²) in [5, 5.41) is 1.03. The van der Waals surface area contributed by atoms with Crippen LogP contribution in [0.4, 0.5) is 0 Å². The highest BCUT2D eigenvalue weighted by molar-refractivity contribution is 7.25. The zero-order valence-electron chi connectivity index (χ0n) is 12.6. The van der Waals surface area contributed by atoms with Gasteiger partial charge in [-0.2, -0.15) is 0 Å². The summed E-state index contributed by atoms with van der Waals surface area (Å²) in [6.45, 7) is 6.30. The number of hydrogen-bond donors (Lipinski definition) is 0. The van der Waals surface area contributed by atoms with E-state index in [1.807, 2.05) is 6.92 Å². The average Bonchev–Trinajstić information content (AvgIpc) is 2.86. The monoisotopic (exact) mass is 311 g/mol. The van der Waals surface area contributed by atoms with Gasteiger partial charge in [0.05, 0.1) is 11.8 Å². The second kappa shape index (κ2) is 5.02. The average molecular weight is 311 g/mol. The van der Waals surface area contributed by atoms with Crippen LogP contribution in [-0.2, 0) is 19.4 Å². The van der Waals surface area contributed by atoms with Crippen molar-refractivity contribution >= 4 is 31.8 Å². The number of pyridine rings is 1. The highest BCUT2D eigenvalue weighted by atomic mass is 32.1. The van der Waals surface area contributed by atoms with E-state index >= 15 is 0 Å². The molecule has 0 radical (unpaired) electrons. The number of aromatic nitrogens is 3. The molecule has 5 heteroatoms. The Bertz CT molecular complexity index is 967. The summed E-state index contributed by atoms with van der Waals surface area (Å²) in [7, 11) is 0. The van der Waals surface area contributed by atoms with Crippen LogP contribution in [0.1, 0.15) is 31.0 Å². The Hall–Kier alpha value is -2.01. The van der Waals surface area contributed by atoms with E-state index in [9.17, 15) is 4.79 Å². The second-order valence-electron chi connectivity index (χ2n) is 6.07. The molecular formula is C17H17N3OS. The number of thiophene rings is 1. The van der Waals surface area contributed by atoms with Crippen molar-refractivity contribution in [2.45, 2.75) is 39.2 Å². The summed E-state index contributed by atoms with van der Waals surface area (Å²) >= 11 is 1.47. The SMILES string of the molecule is C=C(C)Cn1cnc2c(sc3nc4c(cc32)CCCC4)c1=O. The maximum absolute atomic E-state index is 12.6. The molecule has 0 bridgehead atoms. The van der Waals surface area contributed by atoms with Crippen LogP contribution in [0.2, 0.25) is 0 Å². The van der Waals surface area contributed by atoms with E-state index in [1.165, 1.54) is 35.4 Å². The Balaban J connectivity index is 1.99. The number of allylic oxidation sites excluding steroid dienone is 1. The van der Waals surface area contributed by atoms with Gasteiger partial charge in [0.2, 0.25) is 0 Å². The number of hydrogen-bond acceptors (Lipinski definition) is 4. The number of rotatable bonds is 2. The molecule has 1 aliphatic rings. The quantitative estimate of drug-likeness (QED) is 0.681. The lowest BCUT2D eigenvalue weighted by Gasteiger charge is -2.13. The molecule has 1 aliphatic carbocycles. The molecule has 0 aliphatic heterocycles. The molecule has 0 atom stereocenters. The van der Waals surface area contributed by atoms with Gasteiger partial charge in [-0.1, -0.05) is 12.2 Å². The van der Waals surface area contributed by atoms with Gasteiger partial charge in [0.15, 0.2) is 0 Å². The molecule has 0 spiro atoms. The molecule has 4 nitrogen and oxygen atoms in total. The van der Waals surface area contributed by atoms with Gasteiger partial charge in [-0.05, 0) is 44.2 Å². The lowest BCUT2D eigenvalue weighted by atomic mass is 9.95. The molecule has 4 rings (SSSR count). The van der Waals surface area contributed by atoms with E-state index in [4.69, 9.17) is 4.98 Å². The van der Waals surface area contributed by atoms with Crippen molar-refractivity contribution in [3.05, 3.63) is 46.2 Å². The normalized spacial score (nSPS) is 14.4. The number of fused-ring (bicyclic) bond motifs is 4. The van der Waals surface area contributed by atoms with Gasteiger partial charge in [0.1, 0.15) is 9.53 Å². The van der Waals surface area contributed by atoms with Crippen LogP contribution in [0.25, 0.3) is 20.4 Å². The fourth-order valence-electron chi connectivity index (χ4n) is 3.12. The van der Waals surface area contributed by atoms with E-state index < -0.39 is 0 Å². The molecule has 3 heterocycles. The summed E-state index contributed by atoms with van der Waals surface area (Å²) in [4.78, 5) is 22.9. The lowest BCUT2D eigenvalue weighted by molar-refractivity contribution is 0.672. The summed E-state index contributed by atoms with van der Waals surface area (Å²) in [6, 6.07) is 2.20. The Morgan fingerprint density at radius 2 is 2.23 bits per heavy atom. The van der Waals surface area contributed by atoms with Crippen LogP contribution in [0, 0.1) is 0 Å². The Labute approximate surface area is 132 Å². The van der Waals surface area contributed by atoms with Crippen molar-refractivity contribution in [3.8, 4) is 0 Å². The van der Waals surface area contributed by atoms with Crippen molar-refractivity contribution in [1.29, 1.82) is 0 Å². The van der Waals surface area contributed by atoms with Crippen molar-refractivity contribution in [3.63, 3.8) is 0 Å². The van der Waals surface area contributed by atoms with Crippen LogP contribution in [-0.4, -0.2) is 14.5 Å². The van der Waals surface area contributed by atoms with Crippen molar-refractivity contribution in [1.82, 2.24) is 14.5 Å². The van der Waals surface area contributed by atoms with Gasteiger partial charge in [-0.15, -0.1) is 11.3 Å². The molecule has 0 saturated heterocycles. The molecule has 22 heavy (non-hydrogen) atoms. The third-order valence-electron chi connectivity index (χ3n) is 4.16. The molecule has 3 aromatic heterocycles. The molecule has 0 saturated carbocycles. The highest BCUT2D eigenvalue weighted by Gasteiger charge is 2.17. The van der Waals surface area contributed by atoms with Gasteiger partial charge in [0.25, 0.3) is 5.56 Å². The van der Waals surface area contributed by atoms with Crippen LogP contribution in [0.5, 0.6) is 0 Å². The second-order valence-corrected chi connectivity index (χ2v) is 7.07. The largest absolute Gasteiger partial charge is 0.294 e. The minimum Gasteiger partial charge on any atom is -0.294 e. The third-order valence-corrected chi connectivity index (χ3v) is 5.23. The Morgan fingerprint density at radius 3 is 3.05 bits per heavy atom. The lowest BCUT2D eigenvalue weighted by Crippen LogP contribution is -2.19. The predicted octanol–water partition coefficient (Wildman–Crippen LogP) is 3.46. The van der Waals surface area contributed by atoms with E-state index in [-0.39, 0.29) is 5.56 Å². The van der Waals surface area contributed by atoms with E-state index in [2.05, 4.69) is 17.6 Å². The van der Waals surface area contributed by atoms with Crippen molar-refractivity contribution in [2.75, 3.05) is 0 Å². The standard InChI is InChI=1S/C17H17N3OS/c1-10(2)8-20-9-18-14-12-7-11-5-3-4-6-13(11)19-16(12)22-15(14)17(20)21/h7,9H,1,3-6,8H2,2H3. The summed E-state index contributed by atoms with van der Waals surface area (Å²) in [5.74, 6) is 0. The third kappa shape index (κ3) is 2.08. The van der Waals surface area contributed by atoms with Crippen molar-refractivity contribution in [2.24, 2.45) is 0 Å². The molecule has 0 aromatic carbocycles. The van der Waals surface area contributed by atoms with Gasteiger partial charge in [-0.3, -0.25) is 9.36 Å². The van der Waals surface area contributed by atoms with Crippen LogP contribution in [0.3, 0.4) is 0 Å². The summed E-state index contributed by atoms with van der Waals surface area (Å²) in [5.41, 5.74) is 4.27. The van der Waals surface area contributed by atoms with Gasteiger partial charge < -0.3 is 0 Å². The highest BCUT2D eigenvalue weighted by Crippen LogP contribution is 2.32. The van der Waals surface area contributed by atoms with Crippen molar-refractivity contribution < 1.29 is 0 Å². The topological polar surface area (TPSA) is 47.8 Å². The summed E-state index contributed by atoms with van der Waals surface area (Å²) in [6.07, 6.45) is 6.20.